The Bertz CT molecular complexity index is 506. The molecule has 16 heavy (non-hydrogen) atoms. The van der Waals surface area contributed by atoms with Crippen molar-refractivity contribution in [3.63, 3.8) is 0 Å². The van der Waals surface area contributed by atoms with Crippen LogP contribution < -0.4 is 14.8 Å². The fraction of sp³-hybridized carbons (Fsp3) is 0.250. The van der Waals surface area contributed by atoms with Crippen LogP contribution in [0.5, 0.6) is 11.5 Å². The summed E-state index contributed by atoms with van der Waals surface area (Å²) >= 11 is 0. The van der Waals surface area contributed by atoms with E-state index < -0.39 is 0 Å². The van der Waals surface area contributed by atoms with Crippen molar-refractivity contribution in [2.45, 2.75) is 0 Å². The minimum Gasteiger partial charge on any atom is -0.497 e. The summed E-state index contributed by atoms with van der Waals surface area (Å²) in [4.78, 5) is 4.44. The summed E-state index contributed by atoms with van der Waals surface area (Å²) in [5, 5.41) is 3.98. The van der Waals surface area contributed by atoms with Crippen molar-refractivity contribution in [3.05, 3.63) is 24.3 Å². The van der Waals surface area contributed by atoms with E-state index in [0.717, 1.165) is 28.2 Å². The highest BCUT2D eigenvalue weighted by Gasteiger charge is 2.06. The van der Waals surface area contributed by atoms with Gasteiger partial charge in [0, 0.05) is 24.6 Å². The molecule has 4 nitrogen and oxygen atoms in total. The predicted molar refractivity (Wildman–Crippen MR) is 64.4 cm³/mol. The number of nitrogens with zero attached hydrogens (tertiary/aromatic N) is 1. The van der Waals surface area contributed by atoms with Crippen LogP contribution in [0, 0.1) is 0 Å². The van der Waals surface area contributed by atoms with Gasteiger partial charge in [-0.25, -0.2) is 4.98 Å². The summed E-state index contributed by atoms with van der Waals surface area (Å²) in [6, 6.07) is 7.63. The number of hydrogen-bond acceptors (Lipinski definition) is 4. The van der Waals surface area contributed by atoms with E-state index >= 15 is 0 Å². The minimum absolute atomic E-state index is 0.741. The van der Waals surface area contributed by atoms with Crippen molar-refractivity contribution < 1.29 is 9.47 Å². The van der Waals surface area contributed by atoms with E-state index in [4.69, 9.17) is 9.47 Å². The van der Waals surface area contributed by atoms with Crippen LogP contribution in [0.4, 0.5) is 5.82 Å². The van der Waals surface area contributed by atoms with Gasteiger partial charge in [-0.3, -0.25) is 0 Å². The highest BCUT2D eigenvalue weighted by atomic mass is 16.5. The number of aromatic nitrogens is 1. The van der Waals surface area contributed by atoms with Gasteiger partial charge in [0.05, 0.1) is 19.7 Å². The summed E-state index contributed by atoms with van der Waals surface area (Å²) in [6.45, 7) is 0. The molecule has 0 amide bonds. The molecule has 0 fully saturated rings. The van der Waals surface area contributed by atoms with Crippen LogP contribution >= 0.6 is 0 Å². The molecule has 0 unspecified atom stereocenters. The lowest BCUT2D eigenvalue weighted by Crippen LogP contribution is -1.94. The maximum absolute atomic E-state index is 5.30. The Labute approximate surface area is 94.2 Å². The van der Waals surface area contributed by atoms with Crippen LogP contribution in [-0.2, 0) is 0 Å². The van der Waals surface area contributed by atoms with Crippen molar-refractivity contribution >= 4 is 16.7 Å². The average Bonchev–Trinajstić information content (AvgIpc) is 2.36. The Hall–Kier alpha value is -1.97. The monoisotopic (exact) mass is 218 g/mol. The molecule has 84 valence electrons. The summed E-state index contributed by atoms with van der Waals surface area (Å²) in [6.07, 6.45) is 0. The van der Waals surface area contributed by atoms with Crippen molar-refractivity contribution in [1.29, 1.82) is 0 Å². The van der Waals surface area contributed by atoms with Crippen LogP contribution in [0.3, 0.4) is 0 Å². The van der Waals surface area contributed by atoms with E-state index in [9.17, 15) is 0 Å². The van der Waals surface area contributed by atoms with Gasteiger partial charge in [0.25, 0.3) is 0 Å². The number of methoxy groups -OCH3 is 2. The third-order valence-corrected chi connectivity index (χ3v) is 2.45. The second-order valence-electron chi connectivity index (χ2n) is 3.34. The number of nitrogens with one attached hydrogen (secondary N) is 1. The Kier molecular flexibility index (Phi) is 2.81. The standard InChI is InChI=1S/C12H14N2O2/c1-13-12-5-4-9-10(14-12)6-8(15-2)7-11(9)16-3/h4-7H,1-3H3,(H,13,14). The van der Waals surface area contributed by atoms with Crippen molar-refractivity contribution in [1.82, 2.24) is 4.98 Å². The molecular formula is C12H14N2O2. The molecule has 1 heterocycles. The van der Waals surface area contributed by atoms with Gasteiger partial charge in [0.15, 0.2) is 0 Å². The van der Waals surface area contributed by atoms with Gasteiger partial charge in [-0.15, -0.1) is 0 Å². The number of hydrogen-bond donors (Lipinski definition) is 1. The van der Waals surface area contributed by atoms with Crippen molar-refractivity contribution in [2.75, 3.05) is 26.6 Å². The van der Waals surface area contributed by atoms with Crippen LogP contribution in [0.1, 0.15) is 0 Å². The molecule has 0 aliphatic heterocycles. The van der Waals surface area contributed by atoms with Gasteiger partial charge in [0.2, 0.25) is 0 Å². The molecule has 0 aliphatic carbocycles. The number of fused-ring (bicyclic) bond motifs is 1. The molecule has 4 heteroatoms. The van der Waals surface area contributed by atoms with Crippen molar-refractivity contribution in [2.24, 2.45) is 0 Å². The fourth-order valence-corrected chi connectivity index (χ4v) is 1.60. The maximum atomic E-state index is 5.30. The van der Waals surface area contributed by atoms with E-state index in [-0.39, 0.29) is 0 Å². The molecule has 0 aliphatic rings. The van der Waals surface area contributed by atoms with Crippen LogP contribution in [0.25, 0.3) is 10.9 Å². The number of anilines is 1. The summed E-state index contributed by atoms with van der Waals surface area (Å²) in [7, 11) is 5.11. The number of benzene rings is 1. The summed E-state index contributed by atoms with van der Waals surface area (Å²) in [5.74, 6) is 2.33. The zero-order chi connectivity index (χ0) is 11.5. The smallest absolute Gasteiger partial charge is 0.131 e. The third kappa shape index (κ3) is 1.74. The van der Waals surface area contributed by atoms with E-state index in [1.54, 1.807) is 14.2 Å². The van der Waals surface area contributed by atoms with Gasteiger partial charge in [-0.05, 0) is 12.1 Å². The van der Waals surface area contributed by atoms with Gasteiger partial charge in [-0.1, -0.05) is 0 Å². The molecule has 0 bridgehead atoms. The topological polar surface area (TPSA) is 43.4 Å². The zero-order valence-corrected chi connectivity index (χ0v) is 9.57. The first-order chi connectivity index (χ1) is 7.78. The van der Waals surface area contributed by atoms with Gasteiger partial charge in [-0.2, -0.15) is 0 Å². The van der Waals surface area contributed by atoms with Gasteiger partial charge in [0.1, 0.15) is 17.3 Å². The lowest BCUT2D eigenvalue weighted by molar-refractivity contribution is 0.398. The Balaban J connectivity index is 2.68. The Morgan fingerprint density at radius 3 is 2.56 bits per heavy atom. The first kappa shape index (κ1) is 10.5. The molecule has 0 radical (unpaired) electrons. The van der Waals surface area contributed by atoms with Gasteiger partial charge >= 0.3 is 0 Å². The van der Waals surface area contributed by atoms with E-state index in [0.29, 0.717) is 0 Å². The number of ether oxygens (including phenoxy) is 2. The first-order valence-electron chi connectivity index (χ1n) is 4.99. The Morgan fingerprint density at radius 1 is 1.12 bits per heavy atom. The highest BCUT2D eigenvalue weighted by Crippen LogP contribution is 2.30. The summed E-state index contributed by atoms with van der Waals surface area (Å²) < 4.78 is 10.5. The quantitative estimate of drug-likeness (QED) is 0.858. The molecule has 0 atom stereocenters. The number of pyridine rings is 1. The van der Waals surface area contributed by atoms with E-state index in [2.05, 4.69) is 10.3 Å². The van der Waals surface area contributed by atoms with Crippen LogP contribution in [0.15, 0.2) is 24.3 Å². The molecular weight excluding hydrogens is 204 g/mol. The number of rotatable bonds is 3. The average molecular weight is 218 g/mol. The van der Waals surface area contributed by atoms with Gasteiger partial charge < -0.3 is 14.8 Å². The fourth-order valence-electron chi connectivity index (χ4n) is 1.60. The largest absolute Gasteiger partial charge is 0.497 e. The zero-order valence-electron chi connectivity index (χ0n) is 9.57. The molecule has 0 spiro atoms. The molecule has 1 aromatic carbocycles. The lowest BCUT2D eigenvalue weighted by Gasteiger charge is -2.09. The van der Waals surface area contributed by atoms with E-state index in [1.807, 2.05) is 31.3 Å². The van der Waals surface area contributed by atoms with Crippen molar-refractivity contribution in [3.8, 4) is 11.5 Å². The normalized spacial score (nSPS) is 10.2. The third-order valence-electron chi connectivity index (χ3n) is 2.45. The second-order valence-corrected chi connectivity index (χ2v) is 3.34. The molecule has 1 N–H and O–H groups in total. The second kappa shape index (κ2) is 4.26. The maximum Gasteiger partial charge on any atom is 0.131 e. The molecule has 0 saturated heterocycles. The highest BCUT2D eigenvalue weighted by molar-refractivity contribution is 5.87. The molecule has 2 rings (SSSR count). The van der Waals surface area contributed by atoms with Crippen LogP contribution in [-0.4, -0.2) is 26.3 Å². The SMILES string of the molecule is CNc1ccc2c(OC)cc(OC)cc2n1. The molecule has 1 aromatic heterocycles. The predicted octanol–water partition coefficient (Wildman–Crippen LogP) is 2.29. The molecule has 0 saturated carbocycles. The Morgan fingerprint density at radius 2 is 1.94 bits per heavy atom. The van der Waals surface area contributed by atoms with Crippen LogP contribution in [0.2, 0.25) is 0 Å². The first-order valence-corrected chi connectivity index (χ1v) is 4.99. The lowest BCUT2D eigenvalue weighted by atomic mass is 10.2. The van der Waals surface area contributed by atoms with E-state index in [1.165, 1.54) is 0 Å². The summed E-state index contributed by atoms with van der Waals surface area (Å²) in [5.41, 5.74) is 0.850. The molecule has 2 aromatic rings. The minimum atomic E-state index is 0.741.